The molecule has 2 atom stereocenters. The molecule has 1 heterocycles. The molecule has 6 nitrogen and oxygen atoms in total. The van der Waals surface area contributed by atoms with Gasteiger partial charge in [-0.25, -0.2) is 0 Å². The molecule has 0 saturated carbocycles. The van der Waals surface area contributed by atoms with Crippen molar-refractivity contribution in [1.29, 1.82) is 0 Å². The Bertz CT molecular complexity index is 381. The summed E-state index contributed by atoms with van der Waals surface area (Å²) < 4.78 is 0. The molecule has 2 amide bonds. The molecule has 2 unspecified atom stereocenters. The number of carboxylic acids is 1. The number of hydrogen-bond donors (Lipinski definition) is 2. The largest absolute Gasteiger partial charge is 0.481 e. The van der Waals surface area contributed by atoms with Gasteiger partial charge in [-0.2, -0.15) is 0 Å². The number of carboxylic acid groups (broad SMARTS) is 1. The van der Waals surface area contributed by atoms with Crippen molar-refractivity contribution in [2.45, 2.75) is 33.1 Å². The van der Waals surface area contributed by atoms with Crippen LogP contribution in [-0.4, -0.2) is 47.9 Å². The monoisotopic (exact) mass is 284 g/mol. The minimum Gasteiger partial charge on any atom is -0.481 e. The molecular formula is C14H24N2O4. The van der Waals surface area contributed by atoms with Crippen molar-refractivity contribution in [3.63, 3.8) is 0 Å². The van der Waals surface area contributed by atoms with Crippen LogP contribution in [0.2, 0.25) is 0 Å². The lowest BCUT2D eigenvalue weighted by Crippen LogP contribution is -2.36. The fraction of sp³-hybridized carbons (Fsp3) is 0.786. The first-order valence-corrected chi connectivity index (χ1v) is 7.03. The van der Waals surface area contributed by atoms with Crippen LogP contribution in [0.4, 0.5) is 0 Å². The van der Waals surface area contributed by atoms with Crippen molar-refractivity contribution in [2.75, 3.05) is 20.1 Å². The highest BCUT2D eigenvalue weighted by Crippen LogP contribution is 2.18. The molecule has 1 aliphatic rings. The van der Waals surface area contributed by atoms with E-state index in [-0.39, 0.29) is 36.5 Å². The van der Waals surface area contributed by atoms with E-state index in [0.717, 1.165) is 6.42 Å². The number of carbonyl (C=O) groups excluding carboxylic acids is 2. The Morgan fingerprint density at radius 3 is 2.55 bits per heavy atom. The molecule has 1 aliphatic heterocycles. The third-order valence-electron chi connectivity index (χ3n) is 3.54. The van der Waals surface area contributed by atoms with E-state index in [1.54, 1.807) is 11.9 Å². The van der Waals surface area contributed by atoms with Gasteiger partial charge in [-0.15, -0.1) is 0 Å². The first-order chi connectivity index (χ1) is 9.29. The van der Waals surface area contributed by atoms with E-state index in [1.165, 1.54) is 0 Å². The van der Waals surface area contributed by atoms with Crippen LogP contribution in [0.5, 0.6) is 0 Å². The number of rotatable bonds is 7. The van der Waals surface area contributed by atoms with Crippen LogP contribution in [0, 0.1) is 17.8 Å². The Balaban J connectivity index is 2.44. The van der Waals surface area contributed by atoms with E-state index in [9.17, 15) is 14.4 Å². The number of carbonyl (C=O) groups is 3. The molecule has 114 valence electrons. The van der Waals surface area contributed by atoms with Crippen molar-refractivity contribution in [3.05, 3.63) is 0 Å². The maximum absolute atomic E-state index is 12.0. The molecule has 0 aromatic heterocycles. The fourth-order valence-corrected chi connectivity index (χ4v) is 2.58. The number of amides is 2. The van der Waals surface area contributed by atoms with Crippen LogP contribution in [0.3, 0.4) is 0 Å². The number of hydrogen-bond acceptors (Lipinski definition) is 3. The second-order valence-corrected chi connectivity index (χ2v) is 6.01. The maximum atomic E-state index is 12.0. The fourth-order valence-electron chi connectivity index (χ4n) is 2.58. The van der Waals surface area contributed by atoms with Crippen molar-refractivity contribution >= 4 is 17.8 Å². The van der Waals surface area contributed by atoms with Gasteiger partial charge in [-0.3, -0.25) is 14.4 Å². The van der Waals surface area contributed by atoms with Crippen LogP contribution in [0.25, 0.3) is 0 Å². The predicted molar refractivity (Wildman–Crippen MR) is 74.0 cm³/mol. The molecular weight excluding hydrogens is 260 g/mol. The zero-order valence-electron chi connectivity index (χ0n) is 12.4. The van der Waals surface area contributed by atoms with Gasteiger partial charge >= 0.3 is 5.97 Å². The molecule has 0 aliphatic carbocycles. The topological polar surface area (TPSA) is 86.7 Å². The van der Waals surface area contributed by atoms with Gasteiger partial charge in [0, 0.05) is 33.0 Å². The molecule has 1 saturated heterocycles. The van der Waals surface area contributed by atoms with Crippen LogP contribution in [-0.2, 0) is 14.4 Å². The molecule has 0 aromatic carbocycles. The zero-order chi connectivity index (χ0) is 15.3. The summed E-state index contributed by atoms with van der Waals surface area (Å²) in [5, 5.41) is 11.7. The van der Waals surface area contributed by atoms with Crippen molar-refractivity contribution < 1.29 is 19.5 Å². The summed E-state index contributed by atoms with van der Waals surface area (Å²) >= 11 is 0. The summed E-state index contributed by atoms with van der Waals surface area (Å²) in [6.45, 7) is 4.86. The summed E-state index contributed by atoms with van der Waals surface area (Å²) in [6, 6.07) is 0. The predicted octanol–water partition coefficient (Wildman–Crippen LogP) is 0.718. The van der Waals surface area contributed by atoms with Crippen LogP contribution in [0.15, 0.2) is 0 Å². The average molecular weight is 284 g/mol. The van der Waals surface area contributed by atoms with E-state index < -0.39 is 5.97 Å². The molecule has 0 spiro atoms. The quantitative estimate of drug-likeness (QED) is 0.721. The molecule has 1 fully saturated rings. The first-order valence-electron chi connectivity index (χ1n) is 7.03. The van der Waals surface area contributed by atoms with Crippen LogP contribution in [0.1, 0.15) is 33.1 Å². The summed E-state index contributed by atoms with van der Waals surface area (Å²) in [6.07, 6.45) is 1.06. The normalized spacial score (nSPS) is 20.3. The number of nitrogens with one attached hydrogen (secondary N) is 1. The highest BCUT2D eigenvalue weighted by molar-refractivity contribution is 5.89. The van der Waals surface area contributed by atoms with Crippen LogP contribution < -0.4 is 5.32 Å². The zero-order valence-corrected chi connectivity index (χ0v) is 12.4. The van der Waals surface area contributed by atoms with Gasteiger partial charge in [-0.1, -0.05) is 13.8 Å². The summed E-state index contributed by atoms with van der Waals surface area (Å²) in [5.74, 6) is -1.00. The highest BCUT2D eigenvalue weighted by atomic mass is 16.4. The van der Waals surface area contributed by atoms with Gasteiger partial charge in [0.25, 0.3) is 0 Å². The standard InChI is InChI=1S/C14H24N2O4/c1-9(2)4-10(5-13(18)19)7-15-14(20)11-6-12(17)16(3)8-11/h9-11H,4-8H2,1-3H3,(H,15,20)(H,18,19). The van der Waals surface area contributed by atoms with Gasteiger partial charge in [0.05, 0.1) is 5.92 Å². The molecule has 1 rings (SSSR count). The second-order valence-electron chi connectivity index (χ2n) is 6.01. The molecule has 0 radical (unpaired) electrons. The van der Waals surface area contributed by atoms with Gasteiger partial charge < -0.3 is 15.3 Å². The lowest BCUT2D eigenvalue weighted by atomic mass is 9.94. The molecule has 2 N–H and O–H groups in total. The average Bonchev–Trinajstić information content (AvgIpc) is 2.65. The van der Waals surface area contributed by atoms with Gasteiger partial charge in [0.1, 0.15) is 0 Å². The Kier molecular flexibility index (Phi) is 5.98. The number of nitrogens with zero attached hydrogens (tertiary/aromatic N) is 1. The smallest absolute Gasteiger partial charge is 0.303 e. The first kappa shape index (κ1) is 16.5. The molecule has 6 heteroatoms. The SMILES string of the molecule is CC(C)CC(CNC(=O)C1CC(=O)N(C)C1)CC(=O)O. The summed E-state index contributed by atoms with van der Waals surface area (Å²) in [5.41, 5.74) is 0. The number of aliphatic carboxylic acids is 1. The van der Waals surface area contributed by atoms with Crippen molar-refractivity contribution in [2.24, 2.45) is 17.8 Å². The van der Waals surface area contributed by atoms with Crippen LogP contribution >= 0.6 is 0 Å². The van der Waals surface area contributed by atoms with Crippen molar-refractivity contribution in [1.82, 2.24) is 10.2 Å². The third kappa shape index (κ3) is 5.19. The Hall–Kier alpha value is -1.59. The molecule has 0 bridgehead atoms. The second kappa shape index (κ2) is 7.26. The van der Waals surface area contributed by atoms with E-state index in [1.807, 2.05) is 13.8 Å². The van der Waals surface area contributed by atoms with Gasteiger partial charge in [0.15, 0.2) is 0 Å². The highest BCUT2D eigenvalue weighted by Gasteiger charge is 2.32. The van der Waals surface area contributed by atoms with Gasteiger partial charge in [0.2, 0.25) is 11.8 Å². The maximum Gasteiger partial charge on any atom is 0.303 e. The van der Waals surface area contributed by atoms with E-state index in [2.05, 4.69) is 5.32 Å². The Labute approximate surface area is 119 Å². The lowest BCUT2D eigenvalue weighted by molar-refractivity contribution is -0.138. The van der Waals surface area contributed by atoms with E-state index in [0.29, 0.717) is 19.0 Å². The Morgan fingerprint density at radius 1 is 1.45 bits per heavy atom. The minimum absolute atomic E-state index is 0.0191. The Morgan fingerprint density at radius 2 is 2.10 bits per heavy atom. The van der Waals surface area contributed by atoms with Crippen molar-refractivity contribution in [3.8, 4) is 0 Å². The molecule has 20 heavy (non-hydrogen) atoms. The third-order valence-corrected chi connectivity index (χ3v) is 3.54. The lowest BCUT2D eigenvalue weighted by Gasteiger charge is -2.19. The number of likely N-dealkylation sites (tertiary alicyclic amines) is 1. The molecule has 0 aromatic rings. The van der Waals surface area contributed by atoms with E-state index in [4.69, 9.17) is 5.11 Å². The summed E-state index contributed by atoms with van der Waals surface area (Å²) in [7, 11) is 1.68. The minimum atomic E-state index is -0.847. The summed E-state index contributed by atoms with van der Waals surface area (Å²) in [4.78, 5) is 35.7. The van der Waals surface area contributed by atoms with Gasteiger partial charge in [-0.05, 0) is 18.3 Å². The van der Waals surface area contributed by atoms with E-state index >= 15 is 0 Å².